The number of hydrogen-bond donors (Lipinski definition) is 8. The summed E-state index contributed by atoms with van der Waals surface area (Å²) in [6.45, 7) is 6.64. The van der Waals surface area contributed by atoms with Gasteiger partial charge >= 0.3 is 0 Å². The van der Waals surface area contributed by atoms with E-state index >= 15 is 0 Å². The standard InChI is InChI=1S/C43H68N2O8/c1-4-5-23-6-11-27-28(22-46)38(53-34(27)12-7-23)39(50)41(3,51)35-14-15-43(52)30-17-31(47)29-16-32(48)33(49)20-42(29)19-24(26-10-13-36(44)45-21-26)8-9-25(37(30)42)18-40(35,43)2/h8-9,17,23-29,32-39,45-46,48-52H,4-7,10-16,18-22,44H2,1-3H3. The van der Waals surface area contributed by atoms with Gasteiger partial charge in [0.1, 0.15) is 6.10 Å². The van der Waals surface area contributed by atoms with Crippen LogP contribution in [0, 0.1) is 64.1 Å². The van der Waals surface area contributed by atoms with Crippen LogP contribution in [0.3, 0.4) is 0 Å². The fourth-order valence-corrected chi connectivity index (χ4v) is 14.6. The monoisotopic (exact) mass is 740 g/mol. The van der Waals surface area contributed by atoms with Gasteiger partial charge in [0, 0.05) is 23.9 Å². The number of aliphatic hydroxyl groups is 6. The molecule has 0 aromatic carbocycles. The molecule has 2 heterocycles. The molecule has 19 unspecified atom stereocenters. The number of ether oxygens (including phenoxy) is 1. The summed E-state index contributed by atoms with van der Waals surface area (Å²) in [6.07, 6.45) is 13.1. The first-order chi connectivity index (χ1) is 25.2. The van der Waals surface area contributed by atoms with Gasteiger partial charge in [-0.25, -0.2) is 0 Å². The second kappa shape index (κ2) is 14.0. The number of nitrogens with two attached hydrogens (primary N) is 1. The highest BCUT2D eigenvalue weighted by atomic mass is 16.5. The summed E-state index contributed by atoms with van der Waals surface area (Å²) >= 11 is 0. The highest BCUT2D eigenvalue weighted by Crippen LogP contribution is 2.72. The highest BCUT2D eigenvalue weighted by Gasteiger charge is 2.72. The van der Waals surface area contributed by atoms with Crippen molar-refractivity contribution in [1.29, 1.82) is 0 Å². The first-order valence-corrected chi connectivity index (χ1v) is 21.4. The fourth-order valence-electron chi connectivity index (χ4n) is 14.6. The van der Waals surface area contributed by atoms with Gasteiger partial charge in [0.25, 0.3) is 0 Å². The Balaban J connectivity index is 1.13. The molecular formula is C43H68N2O8. The van der Waals surface area contributed by atoms with E-state index in [4.69, 9.17) is 10.5 Å². The van der Waals surface area contributed by atoms with Crippen LogP contribution in [0.25, 0.3) is 0 Å². The van der Waals surface area contributed by atoms with Crippen LogP contribution < -0.4 is 11.1 Å². The Morgan fingerprint density at radius 2 is 1.79 bits per heavy atom. The first kappa shape index (κ1) is 38.7. The number of aliphatic hydroxyl groups excluding tert-OH is 4. The summed E-state index contributed by atoms with van der Waals surface area (Å²) in [4.78, 5) is 14.4. The van der Waals surface area contributed by atoms with Gasteiger partial charge in [0.15, 0.2) is 5.78 Å². The Kier molecular flexibility index (Phi) is 10.2. The largest absolute Gasteiger partial charge is 0.396 e. The molecule has 10 heteroatoms. The fraction of sp³-hybridized carbons (Fsp3) is 0.884. The zero-order chi connectivity index (χ0) is 37.7. The maximum absolute atomic E-state index is 14.4. The van der Waals surface area contributed by atoms with Crippen molar-refractivity contribution in [3.05, 3.63) is 23.8 Å². The number of ketones is 1. The van der Waals surface area contributed by atoms with Gasteiger partial charge in [-0.2, -0.15) is 0 Å². The first-order valence-electron chi connectivity index (χ1n) is 21.4. The van der Waals surface area contributed by atoms with Crippen molar-refractivity contribution in [3.63, 3.8) is 0 Å². The van der Waals surface area contributed by atoms with Gasteiger partial charge in [0.05, 0.1) is 41.8 Å². The zero-order valence-electron chi connectivity index (χ0n) is 32.3. The molecule has 4 saturated carbocycles. The maximum atomic E-state index is 14.4. The van der Waals surface area contributed by atoms with E-state index in [0.717, 1.165) is 57.1 Å². The SMILES string of the molecule is CCCC1CCC2OC(C(O)C(C)(O)C3CCC4(O)C5=CC(=O)C6CC(O)C(O)CC67CC(C6CCC(N)NC6)C=CC(CC34C)C57)C(CO)C2CC1. The molecule has 19 atom stereocenters. The van der Waals surface area contributed by atoms with Crippen molar-refractivity contribution in [1.82, 2.24) is 5.32 Å². The third kappa shape index (κ3) is 5.93. The molecule has 1 spiro atoms. The topological polar surface area (TPSA) is 186 Å². The van der Waals surface area contributed by atoms with Gasteiger partial charge in [-0.05, 0) is 143 Å². The highest BCUT2D eigenvalue weighted by molar-refractivity contribution is 5.95. The summed E-state index contributed by atoms with van der Waals surface area (Å²) < 4.78 is 6.66. The molecule has 0 bridgehead atoms. The number of carbonyl (C=O) groups excluding carboxylic acids is 1. The Bertz CT molecular complexity index is 1440. The van der Waals surface area contributed by atoms with Crippen LogP contribution in [0.2, 0.25) is 0 Å². The Hall–Kier alpha value is -1.21. The minimum atomic E-state index is -1.65. The Labute approximate surface area is 316 Å². The molecule has 0 aromatic heterocycles. The Morgan fingerprint density at radius 3 is 2.51 bits per heavy atom. The summed E-state index contributed by atoms with van der Waals surface area (Å²) in [5, 5.41) is 74.5. The normalized spacial score (nSPS) is 52.6. The average Bonchev–Trinajstić information content (AvgIpc) is 3.46. The van der Waals surface area contributed by atoms with Crippen molar-refractivity contribution in [2.45, 2.75) is 159 Å². The minimum Gasteiger partial charge on any atom is -0.396 e. The molecule has 298 valence electrons. The van der Waals surface area contributed by atoms with Gasteiger partial charge in [-0.1, -0.05) is 45.3 Å². The molecule has 2 saturated heterocycles. The van der Waals surface area contributed by atoms with Crippen LogP contribution >= 0.6 is 0 Å². The van der Waals surface area contributed by atoms with Crippen molar-refractivity contribution < 1.29 is 40.2 Å². The third-order valence-corrected chi connectivity index (χ3v) is 17.3. The molecule has 0 aromatic rings. The second-order valence-electron chi connectivity index (χ2n) is 19.8. The number of fused-ring (bicyclic) bond motifs is 3. The van der Waals surface area contributed by atoms with Gasteiger partial charge in [-0.3, -0.25) is 4.79 Å². The maximum Gasteiger partial charge on any atom is 0.159 e. The number of hydrogen-bond acceptors (Lipinski definition) is 10. The Morgan fingerprint density at radius 1 is 1.04 bits per heavy atom. The number of allylic oxidation sites excluding steroid dienone is 3. The van der Waals surface area contributed by atoms with Crippen LogP contribution in [0.15, 0.2) is 23.8 Å². The zero-order valence-corrected chi connectivity index (χ0v) is 32.3. The molecule has 8 aliphatic rings. The van der Waals surface area contributed by atoms with E-state index in [2.05, 4.69) is 24.4 Å². The molecule has 10 nitrogen and oxygen atoms in total. The lowest BCUT2D eigenvalue weighted by Crippen LogP contribution is -2.66. The van der Waals surface area contributed by atoms with Crippen molar-refractivity contribution in [3.8, 4) is 0 Å². The van der Waals surface area contributed by atoms with E-state index in [1.54, 1.807) is 13.0 Å². The van der Waals surface area contributed by atoms with Crippen molar-refractivity contribution in [2.75, 3.05) is 13.2 Å². The lowest BCUT2D eigenvalue weighted by molar-refractivity contribution is -0.205. The molecule has 6 fully saturated rings. The second-order valence-corrected chi connectivity index (χ2v) is 19.8. The summed E-state index contributed by atoms with van der Waals surface area (Å²) in [5.41, 5.74) is 2.37. The van der Waals surface area contributed by atoms with E-state index in [9.17, 15) is 35.4 Å². The van der Waals surface area contributed by atoms with Crippen molar-refractivity contribution in [2.24, 2.45) is 69.8 Å². The van der Waals surface area contributed by atoms with E-state index < -0.39 is 58.3 Å². The lowest BCUT2D eigenvalue weighted by atomic mass is 9.42. The summed E-state index contributed by atoms with van der Waals surface area (Å²) in [6, 6.07) is 0. The number of nitrogens with one attached hydrogen (secondary N) is 1. The molecular weight excluding hydrogens is 672 g/mol. The molecule has 53 heavy (non-hydrogen) atoms. The molecule has 6 aliphatic carbocycles. The summed E-state index contributed by atoms with van der Waals surface area (Å²) in [5.74, 6) is -0.343. The van der Waals surface area contributed by atoms with Crippen LogP contribution in [0.1, 0.15) is 111 Å². The number of piperidine rings is 1. The molecule has 2 aliphatic heterocycles. The quantitative estimate of drug-likeness (QED) is 0.180. The van der Waals surface area contributed by atoms with Crippen LogP contribution in [0.5, 0.6) is 0 Å². The minimum absolute atomic E-state index is 0.0328. The number of rotatable bonds is 7. The average molecular weight is 741 g/mol. The summed E-state index contributed by atoms with van der Waals surface area (Å²) in [7, 11) is 0. The van der Waals surface area contributed by atoms with Crippen LogP contribution in [-0.4, -0.2) is 97.5 Å². The molecule has 9 N–H and O–H groups in total. The van der Waals surface area contributed by atoms with Gasteiger partial charge < -0.3 is 46.4 Å². The van der Waals surface area contributed by atoms with E-state index in [0.29, 0.717) is 43.9 Å². The molecule has 0 radical (unpaired) electrons. The smallest absolute Gasteiger partial charge is 0.159 e. The van der Waals surface area contributed by atoms with Gasteiger partial charge in [0.2, 0.25) is 0 Å². The molecule has 0 amide bonds. The van der Waals surface area contributed by atoms with E-state index in [1.165, 1.54) is 6.42 Å². The van der Waals surface area contributed by atoms with Crippen molar-refractivity contribution >= 4 is 5.78 Å². The predicted molar refractivity (Wildman–Crippen MR) is 200 cm³/mol. The van der Waals surface area contributed by atoms with E-state index in [-0.39, 0.29) is 60.7 Å². The van der Waals surface area contributed by atoms with Crippen LogP contribution in [-0.2, 0) is 9.53 Å². The lowest BCUT2D eigenvalue weighted by Gasteiger charge is -2.63. The van der Waals surface area contributed by atoms with E-state index in [1.807, 2.05) is 6.92 Å². The predicted octanol–water partition coefficient (Wildman–Crippen LogP) is 3.35. The molecule has 8 rings (SSSR count). The number of carbonyl (C=O) groups is 1. The van der Waals surface area contributed by atoms with Crippen LogP contribution in [0.4, 0.5) is 0 Å². The third-order valence-electron chi connectivity index (χ3n) is 17.3. The van der Waals surface area contributed by atoms with Gasteiger partial charge in [-0.15, -0.1) is 0 Å².